The van der Waals surface area contributed by atoms with E-state index < -0.39 is 0 Å². The topological polar surface area (TPSA) is 40.6 Å². The van der Waals surface area contributed by atoms with Gasteiger partial charge in [0.2, 0.25) is 0 Å². The summed E-state index contributed by atoms with van der Waals surface area (Å²) in [5.74, 6) is -0.0939. The lowest BCUT2D eigenvalue weighted by Gasteiger charge is -2.22. The van der Waals surface area contributed by atoms with Gasteiger partial charge < -0.3 is 9.80 Å². The molecule has 1 aliphatic rings. The highest BCUT2D eigenvalue weighted by Crippen LogP contribution is 2.29. The van der Waals surface area contributed by atoms with Gasteiger partial charge in [0.15, 0.2) is 0 Å². The third kappa shape index (κ3) is 3.66. The second-order valence-corrected chi connectivity index (χ2v) is 7.30. The maximum absolute atomic E-state index is 13.0. The molecule has 1 heterocycles. The Morgan fingerprint density at radius 1 is 0.931 bits per heavy atom. The molecule has 0 unspecified atom stereocenters. The van der Waals surface area contributed by atoms with Gasteiger partial charge in [0, 0.05) is 35.6 Å². The van der Waals surface area contributed by atoms with E-state index in [4.69, 9.17) is 0 Å². The van der Waals surface area contributed by atoms with E-state index >= 15 is 0 Å². The molecule has 0 saturated heterocycles. The summed E-state index contributed by atoms with van der Waals surface area (Å²) in [6.07, 6.45) is 0.875. The van der Waals surface area contributed by atoms with Gasteiger partial charge in [-0.1, -0.05) is 30.3 Å². The van der Waals surface area contributed by atoms with Gasteiger partial charge in [-0.3, -0.25) is 9.59 Å². The first-order chi connectivity index (χ1) is 14.1. The van der Waals surface area contributed by atoms with Gasteiger partial charge in [-0.15, -0.1) is 0 Å². The predicted octanol–water partition coefficient (Wildman–Crippen LogP) is 4.86. The first-order valence-electron chi connectivity index (χ1n) is 9.97. The van der Waals surface area contributed by atoms with Crippen LogP contribution < -0.4 is 9.80 Å². The molecule has 0 radical (unpaired) electrons. The van der Waals surface area contributed by atoms with Crippen LogP contribution >= 0.6 is 0 Å². The van der Waals surface area contributed by atoms with Crippen molar-refractivity contribution in [3.8, 4) is 0 Å². The van der Waals surface area contributed by atoms with Crippen molar-refractivity contribution in [3.05, 3.63) is 95.1 Å². The second kappa shape index (κ2) is 7.92. The number of carbonyl (C=O) groups is 2. The summed E-state index contributed by atoms with van der Waals surface area (Å²) >= 11 is 0. The van der Waals surface area contributed by atoms with E-state index in [0.717, 1.165) is 23.4 Å². The molecule has 0 bridgehead atoms. The lowest BCUT2D eigenvalue weighted by Crippen LogP contribution is -2.31. The van der Waals surface area contributed by atoms with Crippen LogP contribution in [0.4, 0.5) is 11.4 Å². The lowest BCUT2D eigenvalue weighted by atomic mass is 10.1. The molecular weight excluding hydrogens is 360 g/mol. The maximum Gasteiger partial charge on any atom is 0.258 e. The molecule has 3 aromatic rings. The quantitative estimate of drug-likeness (QED) is 0.644. The zero-order valence-corrected chi connectivity index (χ0v) is 16.8. The number of nitrogens with zero attached hydrogens (tertiary/aromatic N) is 2. The first kappa shape index (κ1) is 18.9. The van der Waals surface area contributed by atoms with Crippen molar-refractivity contribution in [2.75, 3.05) is 22.9 Å². The number of amides is 2. The number of hydrogen-bond acceptors (Lipinski definition) is 2. The lowest BCUT2D eigenvalue weighted by molar-refractivity contribution is 0.0977. The average Bonchev–Trinajstić information content (AvgIpc) is 3.18. The van der Waals surface area contributed by atoms with Gasteiger partial charge in [-0.2, -0.15) is 0 Å². The Bertz CT molecular complexity index is 1060. The Balaban J connectivity index is 1.54. The fourth-order valence-electron chi connectivity index (χ4n) is 3.86. The normalized spacial score (nSPS) is 12.6. The number of aryl methyl sites for hydroxylation is 1. The third-order valence-corrected chi connectivity index (χ3v) is 5.39. The molecular formula is C25H24N2O2. The highest BCUT2D eigenvalue weighted by Gasteiger charge is 2.25. The monoisotopic (exact) mass is 384 g/mol. The van der Waals surface area contributed by atoms with Gasteiger partial charge in [-0.05, 0) is 73.9 Å². The van der Waals surface area contributed by atoms with Gasteiger partial charge >= 0.3 is 0 Å². The van der Waals surface area contributed by atoms with Crippen LogP contribution in [0.5, 0.6) is 0 Å². The summed E-state index contributed by atoms with van der Waals surface area (Å²) in [6.45, 7) is 5.24. The molecule has 0 N–H and O–H groups in total. The molecule has 0 aromatic heterocycles. The van der Waals surface area contributed by atoms with Gasteiger partial charge in [0.25, 0.3) is 11.8 Å². The molecule has 0 saturated carbocycles. The molecule has 2 amide bonds. The molecule has 4 rings (SSSR count). The number of para-hydroxylation sites is 1. The van der Waals surface area contributed by atoms with Crippen molar-refractivity contribution >= 4 is 23.2 Å². The number of fused-ring (bicyclic) bond motifs is 1. The van der Waals surface area contributed by atoms with Gasteiger partial charge in [0.05, 0.1) is 0 Å². The van der Waals surface area contributed by atoms with Crippen molar-refractivity contribution in [2.45, 2.75) is 20.3 Å². The third-order valence-electron chi connectivity index (χ3n) is 5.39. The molecule has 0 atom stereocenters. The van der Waals surface area contributed by atoms with Crippen LogP contribution in [0.2, 0.25) is 0 Å². The first-order valence-corrected chi connectivity index (χ1v) is 9.97. The Morgan fingerprint density at radius 3 is 2.38 bits per heavy atom. The molecule has 1 aliphatic heterocycles. The number of carbonyl (C=O) groups excluding carboxylic acids is 2. The number of hydrogen-bond donors (Lipinski definition) is 0. The summed E-state index contributed by atoms with van der Waals surface area (Å²) in [7, 11) is 0. The van der Waals surface area contributed by atoms with Crippen LogP contribution in [0.3, 0.4) is 0 Å². The van der Waals surface area contributed by atoms with E-state index in [0.29, 0.717) is 24.2 Å². The minimum Gasteiger partial charge on any atom is -0.309 e. The van der Waals surface area contributed by atoms with Gasteiger partial charge in [0.1, 0.15) is 0 Å². The van der Waals surface area contributed by atoms with E-state index in [1.54, 1.807) is 29.2 Å². The van der Waals surface area contributed by atoms with Crippen molar-refractivity contribution in [2.24, 2.45) is 0 Å². The number of anilines is 2. The van der Waals surface area contributed by atoms with Crippen molar-refractivity contribution < 1.29 is 9.59 Å². The molecule has 0 aliphatic carbocycles. The summed E-state index contributed by atoms with van der Waals surface area (Å²) in [5, 5.41) is 0. The van der Waals surface area contributed by atoms with Crippen LogP contribution in [-0.2, 0) is 6.42 Å². The summed E-state index contributed by atoms with van der Waals surface area (Å²) in [5.41, 5.74) is 5.34. The predicted molar refractivity (Wildman–Crippen MR) is 117 cm³/mol. The Hall–Kier alpha value is -3.40. The number of benzene rings is 3. The van der Waals surface area contributed by atoms with E-state index in [2.05, 4.69) is 6.07 Å². The van der Waals surface area contributed by atoms with E-state index in [-0.39, 0.29) is 11.8 Å². The van der Waals surface area contributed by atoms with Crippen LogP contribution in [0.25, 0.3) is 0 Å². The van der Waals surface area contributed by atoms with Crippen LogP contribution in [0.1, 0.15) is 38.8 Å². The van der Waals surface area contributed by atoms with Crippen LogP contribution in [0.15, 0.2) is 72.8 Å². The fourth-order valence-corrected chi connectivity index (χ4v) is 3.86. The van der Waals surface area contributed by atoms with Crippen molar-refractivity contribution in [1.82, 2.24) is 0 Å². The van der Waals surface area contributed by atoms with Crippen LogP contribution in [-0.4, -0.2) is 24.9 Å². The largest absolute Gasteiger partial charge is 0.309 e. The Morgan fingerprint density at radius 2 is 1.66 bits per heavy atom. The molecule has 29 heavy (non-hydrogen) atoms. The smallest absolute Gasteiger partial charge is 0.258 e. The summed E-state index contributed by atoms with van der Waals surface area (Å²) in [4.78, 5) is 29.6. The van der Waals surface area contributed by atoms with E-state index in [1.807, 2.05) is 61.2 Å². The molecule has 4 nitrogen and oxygen atoms in total. The molecule has 146 valence electrons. The number of rotatable bonds is 4. The SMILES string of the molecule is CCN(C(=O)c1ccc(C(=O)N2CCc3ccccc32)cc1)c1cccc(C)c1. The van der Waals surface area contributed by atoms with Gasteiger partial charge in [-0.25, -0.2) is 0 Å². The molecule has 4 heteroatoms. The summed E-state index contributed by atoms with van der Waals surface area (Å²) < 4.78 is 0. The van der Waals surface area contributed by atoms with E-state index in [1.165, 1.54) is 5.56 Å². The zero-order chi connectivity index (χ0) is 20.4. The minimum absolute atomic E-state index is 0.0278. The molecule has 0 spiro atoms. The highest BCUT2D eigenvalue weighted by atomic mass is 16.2. The molecule has 3 aromatic carbocycles. The zero-order valence-electron chi connectivity index (χ0n) is 16.8. The highest BCUT2D eigenvalue weighted by molar-refractivity contribution is 6.09. The van der Waals surface area contributed by atoms with Crippen molar-refractivity contribution in [1.29, 1.82) is 0 Å². The fraction of sp³-hybridized carbons (Fsp3) is 0.200. The minimum atomic E-state index is -0.0661. The maximum atomic E-state index is 13.0. The van der Waals surface area contributed by atoms with E-state index in [9.17, 15) is 9.59 Å². The Kier molecular flexibility index (Phi) is 5.17. The summed E-state index contributed by atoms with van der Waals surface area (Å²) in [6, 6.07) is 22.9. The van der Waals surface area contributed by atoms with Crippen LogP contribution in [0, 0.1) is 6.92 Å². The Labute approximate surface area is 171 Å². The van der Waals surface area contributed by atoms with Crippen molar-refractivity contribution in [3.63, 3.8) is 0 Å². The average molecular weight is 384 g/mol. The second-order valence-electron chi connectivity index (χ2n) is 7.30. The molecule has 0 fully saturated rings. The standard InChI is InChI=1S/C25H24N2O2/c1-3-26(22-9-6-7-18(2)17-22)24(28)20-11-13-21(14-12-20)25(29)27-16-15-19-8-4-5-10-23(19)27/h4-14,17H,3,15-16H2,1-2H3.